The highest BCUT2D eigenvalue weighted by Crippen LogP contribution is 2.33. The van der Waals surface area contributed by atoms with E-state index >= 15 is 0 Å². The summed E-state index contributed by atoms with van der Waals surface area (Å²) in [6.07, 6.45) is 3.80. The zero-order valence-electron chi connectivity index (χ0n) is 53.7. The second kappa shape index (κ2) is 33.3. The molecule has 7 amide bonds. The number of cyclic esters (lactones) is 2. The summed E-state index contributed by atoms with van der Waals surface area (Å²) in [5.74, 6) is -6.12. The third-order valence-electron chi connectivity index (χ3n) is 15.9. The van der Waals surface area contributed by atoms with E-state index in [9.17, 15) is 47.9 Å². The normalized spacial score (nSPS) is 23.0. The fourth-order valence-electron chi connectivity index (χ4n) is 10.9. The van der Waals surface area contributed by atoms with Crippen molar-refractivity contribution in [3.05, 3.63) is 102 Å². The quantitative estimate of drug-likeness (QED) is 0.120. The van der Waals surface area contributed by atoms with Gasteiger partial charge in [0, 0.05) is 65.3 Å². The van der Waals surface area contributed by atoms with E-state index in [0.29, 0.717) is 42.0 Å². The molecule has 0 spiro atoms. The van der Waals surface area contributed by atoms with Crippen LogP contribution in [0.4, 0.5) is 5.69 Å². The van der Waals surface area contributed by atoms with E-state index in [1.165, 1.54) is 73.9 Å². The van der Waals surface area contributed by atoms with Crippen molar-refractivity contribution in [2.24, 2.45) is 23.2 Å². The smallest absolute Gasteiger partial charge is 0.330 e. The van der Waals surface area contributed by atoms with Crippen molar-refractivity contribution in [1.82, 2.24) is 30.2 Å². The van der Waals surface area contributed by atoms with Crippen LogP contribution < -0.4 is 25.4 Å². The number of aryl methyl sites for hydroxylation is 1. The zero-order valence-corrected chi connectivity index (χ0v) is 53.7. The van der Waals surface area contributed by atoms with Gasteiger partial charge >= 0.3 is 11.9 Å². The van der Waals surface area contributed by atoms with Gasteiger partial charge in [0.2, 0.25) is 41.2 Å². The molecule has 0 saturated carbocycles. The van der Waals surface area contributed by atoms with Crippen LogP contribution in [-0.4, -0.2) is 164 Å². The number of carbonyl (C=O) groups is 10. The van der Waals surface area contributed by atoms with Crippen LogP contribution in [0.15, 0.2) is 84.9 Å². The number of rotatable bonds is 12. The van der Waals surface area contributed by atoms with E-state index in [4.69, 9.17) is 18.9 Å². The number of carbonyl (C=O) groups excluding carboxylic acids is 10. The Morgan fingerprint density at radius 2 is 1.38 bits per heavy atom. The predicted octanol–water partition coefficient (Wildman–Crippen LogP) is 7.19. The molecule has 2 aliphatic heterocycles. The Hall–Kier alpha value is -8.10. The number of ether oxygens (including phenoxy) is 4. The minimum atomic E-state index is -1.51. The highest BCUT2D eigenvalue weighted by molar-refractivity contribution is 6.38. The molecule has 2 bridgehead atoms. The van der Waals surface area contributed by atoms with Crippen LogP contribution >= 0.6 is 0 Å². The summed E-state index contributed by atoms with van der Waals surface area (Å²) in [5, 5.41) is 8.73. The number of esters is 2. The molecule has 88 heavy (non-hydrogen) atoms. The summed E-state index contributed by atoms with van der Waals surface area (Å²) in [6, 6.07) is 15.7. The summed E-state index contributed by atoms with van der Waals surface area (Å²) in [7, 11) is 7.59. The SMILES string of the molecule is COc1ccc(CC[C@H]2OC(=O)[C@@H]3CCCCN3C(=O)C(=O)C(C)(C)COC(=O)/C=C\CCN(C)C(=O)[C@H](CC(C)C)NC(=O)[C@H](C(C)C)N(C)C(=O)[C@@H](Cc3ccccc3)NC(=O)[C@H](CC(C)C)N(C)C(=O)CCC(=O)Nc3cccc2c3)cc1OC. The molecule has 21 heteroatoms. The number of Topliss-reactive ketones (excluding diaryl/α,β-unsaturated/α-hetero) is 1. The molecular weight excluding hydrogens is 1130 g/mol. The monoisotopic (exact) mass is 1220 g/mol. The Labute approximate surface area is 518 Å². The summed E-state index contributed by atoms with van der Waals surface area (Å²) < 4.78 is 22.8. The van der Waals surface area contributed by atoms with Crippen LogP contribution in [-0.2, 0) is 70.3 Å². The van der Waals surface area contributed by atoms with Gasteiger partial charge < -0.3 is 54.5 Å². The van der Waals surface area contributed by atoms with Gasteiger partial charge in [0.15, 0.2) is 11.5 Å². The van der Waals surface area contributed by atoms with E-state index in [1.54, 1.807) is 63.4 Å². The van der Waals surface area contributed by atoms with E-state index in [1.807, 2.05) is 58.0 Å². The Bertz CT molecular complexity index is 2960. The number of ketones is 1. The molecule has 3 aromatic carbocycles. The Kier molecular flexibility index (Phi) is 26.7. The van der Waals surface area contributed by atoms with Crippen LogP contribution in [0.5, 0.6) is 11.5 Å². The molecule has 2 heterocycles. The maximum atomic E-state index is 14.9. The first kappa shape index (κ1) is 70.7. The molecule has 21 nitrogen and oxygen atoms in total. The van der Waals surface area contributed by atoms with Gasteiger partial charge in [0.05, 0.1) is 19.6 Å². The molecule has 480 valence electrons. The van der Waals surface area contributed by atoms with E-state index < -0.39 is 113 Å². The molecule has 1 saturated heterocycles. The van der Waals surface area contributed by atoms with E-state index in [2.05, 4.69) is 16.0 Å². The van der Waals surface area contributed by atoms with E-state index in [-0.39, 0.29) is 76.3 Å². The molecule has 0 aromatic heterocycles. The Morgan fingerprint density at radius 1 is 0.693 bits per heavy atom. The first-order valence-electron chi connectivity index (χ1n) is 30.6. The summed E-state index contributed by atoms with van der Waals surface area (Å²) in [5.41, 5.74) is 0.885. The van der Waals surface area contributed by atoms with Crippen molar-refractivity contribution < 1.29 is 66.9 Å². The highest BCUT2D eigenvalue weighted by atomic mass is 16.5. The summed E-state index contributed by atoms with van der Waals surface area (Å²) >= 11 is 0. The van der Waals surface area contributed by atoms with Gasteiger partial charge in [-0.25, -0.2) is 9.59 Å². The lowest BCUT2D eigenvalue weighted by Gasteiger charge is -2.36. The molecule has 0 aliphatic carbocycles. The van der Waals surface area contributed by atoms with E-state index in [0.717, 1.165) is 11.1 Å². The lowest BCUT2D eigenvalue weighted by Crippen LogP contribution is -2.60. The molecule has 6 atom stereocenters. The largest absolute Gasteiger partial charge is 0.493 e. The number of hydrogen-bond acceptors (Lipinski definition) is 14. The Morgan fingerprint density at radius 3 is 2.03 bits per heavy atom. The van der Waals surface area contributed by atoms with Gasteiger partial charge in [-0.1, -0.05) is 96.1 Å². The second-order valence-electron chi connectivity index (χ2n) is 24.8. The molecule has 1 fully saturated rings. The topological polar surface area (TPSA) is 257 Å². The fraction of sp³-hybridized carbons (Fsp3) is 0.552. The number of methoxy groups -OCH3 is 2. The fourth-order valence-corrected chi connectivity index (χ4v) is 10.9. The van der Waals surface area contributed by atoms with Crippen LogP contribution in [0.3, 0.4) is 0 Å². The molecule has 3 aromatic rings. The second-order valence-corrected chi connectivity index (χ2v) is 24.8. The lowest BCUT2D eigenvalue weighted by molar-refractivity contribution is -0.165. The highest BCUT2D eigenvalue weighted by Gasteiger charge is 2.43. The molecule has 0 radical (unpaired) electrons. The standard InChI is InChI=1S/C67H93N7O14/c1-42(2)36-49-63(81)71(9)34-19-18-27-58(77)87-41-67(7,8)60(78)65(83)74-35-20-17-26-51(74)66(84)88-53(30-28-46-29-31-54(85-12)55(39-46)86-13)47-24-21-25-48(40-47)68-56(75)32-33-57(76)72(10)52(37-43(3)4)61(79)69-50(38-45-22-15-14-16-23-45)64(82)73(11)59(44(5)6)62(80)70-49/h14-16,18,21-25,27,29,31,39-40,42-44,49-53,59H,17,19-20,26,28,30,32-38,41H2,1-13H3,(H,68,75)(H,69,79)(H,70,80)/b27-18-/t49-,50+,51-,52-,53+,59-/m0/s1. The number of likely N-dealkylation sites (N-methyl/N-ethyl adjacent to an activating group) is 3. The van der Waals surface area contributed by atoms with Gasteiger partial charge in [0.25, 0.3) is 5.91 Å². The maximum Gasteiger partial charge on any atom is 0.330 e. The van der Waals surface area contributed by atoms with Crippen LogP contribution in [0.25, 0.3) is 0 Å². The van der Waals surface area contributed by atoms with Crippen LogP contribution in [0.1, 0.15) is 136 Å². The molecule has 3 N–H and O–H groups in total. The van der Waals surface area contributed by atoms with Gasteiger partial charge in [-0.05, 0) is 124 Å². The number of anilines is 1. The first-order chi connectivity index (χ1) is 41.6. The molecular formula is C67H93N7O14. The van der Waals surface area contributed by atoms with Crippen molar-refractivity contribution in [1.29, 1.82) is 0 Å². The van der Waals surface area contributed by atoms with Crippen molar-refractivity contribution >= 4 is 64.8 Å². The van der Waals surface area contributed by atoms with Crippen molar-refractivity contribution in [3.8, 4) is 11.5 Å². The van der Waals surface area contributed by atoms with Gasteiger partial charge in [-0.15, -0.1) is 0 Å². The van der Waals surface area contributed by atoms with Crippen LogP contribution in [0, 0.1) is 23.2 Å². The minimum Gasteiger partial charge on any atom is -0.493 e. The Balaban J connectivity index is 1.50. The number of fused-ring (bicyclic) bond motifs is 3. The van der Waals surface area contributed by atoms with Crippen LogP contribution in [0.2, 0.25) is 0 Å². The number of piperidine rings is 1. The van der Waals surface area contributed by atoms with Gasteiger partial charge in [-0.3, -0.25) is 38.4 Å². The van der Waals surface area contributed by atoms with Crippen molar-refractivity contribution in [3.63, 3.8) is 0 Å². The van der Waals surface area contributed by atoms with Crippen molar-refractivity contribution in [2.45, 2.75) is 162 Å². The number of amides is 7. The molecule has 2 aliphatic rings. The average Bonchev–Trinajstić information content (AvgIpc) is 1.33. The number of benzene rings is 3. The third kappa shape index (κ3) is 20.2. The average molecular weight is 1220 g/mol. The minimum absolute atomic E-state index is 0.0416. The van der Waals surface area contributed by atoms with Gasteiger partial charge in [-0.2, -0.15) is 0 Å². The molecule has 5 rings (SSSR count). The molecule has 0 unspecified atom stereocenters. The number of hydrogen-bond donors (Lipinski definition) is 3. The number of nitrogens with one attached hydrogen (secondary N) is 3. The first-order valence-corrected chi connectivity index (χ1v) is 30.6. The lowest BCUT2D eigenvalue weighted by atomic mass is 9.87. The van der Waals surface area contributed by atoms with Gasteiger partial charge in [0.1, 0.15) is 42.9 Å². The third-order valence-corrected chi connectivity index (χ3v) is 15.9. The summed E-state index contributed by atoms with van der Waals surface area (Å²) in [4.78, 5) is 147. The number of nitrogens with zero attached hydrogens (tertiary/aromatic N) is 4. The summed E-state index contributed by atoms with van der Waals surface area (Å²) in [6.45, 7) is 13.9. The van der Waals surface area contributed by atoms with Crippen molar-refractivity contribution in [2.75, 3.05) is 60.4 Å². The predicted molar refractivity (Wildman–Crippen MR) is 332 cm³/mol. The zero-order chi connectivity index (χ0) is 65.0. The maximum absolute atomic E-state index is 14.9.